The highest BCUT2D eigenvalue weighted by Crippen LogP contribution is 2.14. The first-order valence-corrected chi connectivity index (χ1v) is 5.86. The van der Waals surface area contributed by atoms with E-state index in [1.807, 2.05) is 31.2 Å². The number of anilines is 1. The largest absolute Gasteiger partial charge is 0.459 e. The number of rotatable bonds is 2. The summed E-state index contributed by atoms with van der Waals surface area (Å²) in [5.41, 5.74) is 1.60. The number of hydrogen-bond acceptors (Lipinski definition) is 2. The first-order valence-electron chi connectivity index (χ1n) is 4.78. The van der Waals surface area contributed by atoms with Crippen molar-refractivity contribution in [2.45, 2.75) is 6.92 Å². The third-order valence-electron chi connectivity index (χ3n) is 2.17. The van der Waals surface area contributed by atoms with Gasteiger partial charge >= 0.3 is 0 Å². The maximum atomic E-state index is 11.8. The fraction of sp³-hybridized carbons (Fsp3) is 0.0833. The summed E-state index contributed by atoms with van der Waals surface area (Å²) in [7, 11) is 0. The van der Waals surface area contributed by atoms with Gasteiger partial charge in [-0.2, -0.15) is 0 Å². The van der Waals surface area contributed by atoms with Crippen LogP contribution in [0.4, 0.5) is 5.69 Å². The number of benzene rings is 1. The molecule has 1 aromatic carbocycles. The van der Waals surface area contributed by atoms with Crippen LogP contribution in [-0.2, 0) is 0 Å². The van der Waals surface area contributed by atoms with E-state index in [0.29, 0.717) is 5.76 Å². The minimum Gasteiger partial charge on any atom is -0.459 e. The maximum absolute atomic E-state index is 11.8. The van der Waals surface area contributed by atoms with E-state index in [9.17, 15) is 4.79 Å². The minimum absolute atomic E-state index is 0.219. The van der Waals surface area contributed by atoms with E-state index in [2.05, 4.69) is 27.9 Å². The number of carbonyl (C=O) groups is 1. The minimum atomic E-state index is -0.219. The highest BCUT2D eigenvalue weighted by molar-refractivity contribution is 14.1. The lowest BCUT2D eigenvalue weighted by molar-refractivity contribution is 0.0996. The molecule has 0 spiro atoms. The van der Waals surface area contributed by atoms with Gasteiger partial charge < -0.3 is 9.73 Å². The molecule has 3 nitrogen and oxygen atoms in total. The van der Waals surface area contributed by atoms with E-state index in [-0.39, 0.29) is 5.91 Å². The molecule has 2 aromatic rings. The van der Waals surface area contributed by atoms with E-state index in [0.717, 1.165) is 14.8 Å². The normalized spacial score (nSPS) is 10.1. The molecule has 2 rings (SSSR count). The zero-order chi connectivity index (χ0) is 11.5. The zero-order valence-corrected chi connectivity index (χ0v) is 10.8. The summed E-state index contributed by atoms with van der Waals surface area (Å²) in [6.07, 6.45) is 1.51. The summed E-state index contributed by atoms with van der Waals surface area (Å²) in [5, 5.41) is 2.78. The lowest BCUT2D eigenvalue weighted by atomic mass is 10.2. The molecule has 1 aromatic heterocycles. The standard InChI is InChI=1S/C12H10INO2/c1-8-6-7-16-11(8)12(15)14-10-4-2-9(13)3-5-10/h2-7H,1H3,(H,14,15). The fourth-order valence-corrected chi connectivity index (χ4v) is 1.69. The molecule has 0 saturated carbocycles. The van der Waals surface area contributed by atoms with Crippen LogP contribution in [0.5, 0.6) is 0 Å². The zero-order valence-electron chi connectivity index (χ0n) is 8.66. The number of aryl methyl sites for hydroxylation is 1. The Morgan fingerprint density at radius 2 is 1.94 bits per heavy atom. The summed E-state index contributed by atoms with van der Waals surface area (Å²) in [6, 6.07) is 9.36. The molecule has 1 N–H and O–H groups in total. The van der Waals surface area contributed by atoms with E-state index in [1.165, 1.54) is 6.26 Å². The summed E-state index contributed by atoms with van der Waals surface area (Å²) in [6.45, 7) is 1.84. The van der Waals surface area contributed by atoms with Crippen molar-refractivity contribution in [3.63, 3.8) is 0 Å². The van der Waals surface area contributed by atoms with Gasteiger partial charge in [-0.25, -0.2) is 0 Å². The lowest BCUT2D eigenvalue weighted by Gasteiger charge is -2.03. The van der Waals surface area contributed by atoms with Crippen LogP contribution in [0.25, 0.3) is 0 Å². The molecule has 0 unspecified atom stereocenters. The van der Waals surface area contributed by atoms with E-state index in [1.54, 1.807) is 6.07 Å². The smallest absolute Gasteiger partial charge is 0.291 e. The first kappa shape index (κ1) is 11.2. The van der Waals surface area contributed by atoms with Crippen molar-refractivity contribution in [1.29, 1.82) is 0 Å². The topological polar surface area (TPSA) is 42.2 Å². The van der Waals surface area contributed by atoms with Crippen molar-refractivity contribution in [2.24, 2.45) is 0 Å². The van der Waals surface area contributed by atoms with Gasteiger partial charge in [0, 0.05) is 14.8 Å². The highest BCUT2D eigenvalue weighted by Gasteiger charge is 2.12. The molecular weight excluding hydrogens is 317 g/mol. The summed E-state index contributed by atoms with van der Waals surface area (Å²) in [4.78, 5) is 11.8. The Bertz CT molecular complexity index is 502. The second-order valence-electron chi connectivity index (χ2n) is 3.39. The van der Waals surface area contributed by atoms with Crippen LogP contribution in [-0.4, -0.2) is 5.91 Å². The Morgan fingerprint density at radius 1 is 1.25 bits per heavy atom. The molecule has 0 aliphatic carbocycles. The predicted octanol–water partition coefficient (Wildman–Crippen LogP) is 3.44. The monoisotopic (exact) mass is 327 g/mol. The van der Waals surface area contributed by atoms with Crippen molar-refractivity contribution in [2.75, 3.05) is 5.32 Å². The van der Waals surface area contributed by atoms with Gasteiger partial charge in [0.1, 0.15) is 0 Å². The molecule has 0 saturated heterocycles. The number of hydrogen-bond donors (Lipinski definition) is 1. The van der Waals surface area contributed by atoms with E-state index < -0.39 is 0 Å². The van der Waals surface area contributed by atoms with Crippen molar-refractivity contribution < 1.29 is 9.21 Å². The van der Waals surface area contributed by atoms with E-state index >= 15 is 0 Å². The van der Waals surface area contributed by atoms with Gasteiger partial charge in [0.05, 0.1) is 6.26 Å². The third-order valence-corrected chi connectivity index (χ3v) is 2.89. The Balaban J connectivity index is 2.14. The maximum Gasteiger partial charge on any atom is 0.291 e. The third kappa shape index (κ3) is 2.44. The van der Waals surface area contributed by atoms with Crippen LogP contribution >= 0.6 is 22.6 Å². The second kappa shape index (κ2) is 4.69. The molecule has 4 heteroatoms. The lowest BCUT2D eigenvalue weighted by Crippen LogP contribution is -2.11. The molecule has 16 heavy (non-hydrogen) atoms. The SMILES string of the molecule is Cc1ccoc1C(=O)Nc1ccc(I)cc1. The van der Waals surface area contributed by atoms with Crippen LogP contribution in [0.1, 0.15) is 16.1 Å². The summed E-state index contributed by atoms with van der Waals surface area (Å²) < 4.78 is 6.24. The first-order chi connectivity index (χ1) is 7.66. The van der Waals surface area contributed by atoms with Crippen LogP contribution in [0.2, 0.25) is 0 Å². The van der Waals surface area contributed by atoms with Crippen LogP contribution < -0.4 is 5.32 Å². The molecule has 1 heterocycles. The van der Waals surface area contributed by atoms with Crippen molar-refractivity contribution in [3.8, 4) is 0 Å². The number of carbonyl (C=O) groups excluding carboxylic acids is 1. The average Bonchev–Trinajstić information content (AvgIpc) is 2.68. The van der Waals surface area contributed by atoms with Gasteiger partial charge in [-0.15, -0.1) is 0 Å². The van der Waals surface area contributed by atoms with Gasteiger partial charge in [0.25, 0.3) is 5.91 Å². The van der Waals surface area contributed by atoms with Crippen LogP contribution in [0.3, 0.4) is 0 Å². The Kier molecular flexibility index (Phi) is 3.28. The second-order valence-corrected chi connectivity index (χ2v) is 4.64. The molecule has 0 aliphatic rings. The van der Waals surface area contributed by atoms with Gasteiger partial charge in [-0.05, 0) is 59.8 Å². The quantitative estimate of drug-likeness (QED) is 0.859. The fourth-order valence-electron chi connectivity index (χ4n) is 1.33. The Labute approximate surface area is 107 Å². The molecule has 0 radical (unpaired) electrons. The Hall–Kier alpha value is -1.30. The number of amides is 1. The molecule has 0 bridgehead atoms. The number of nitrogens with one attached hydrogen (secondary N) is 1. The molecule has 0 fully saturated rings. The molecule has 0 aliphatic heterocycles. The van der Waals surface area contributed by atoms with Crippen molar-refractivity contribution >= 4 is 34.2 Å². The Morgan fingerprint density at radius 3 is 2.50 bits per heavy atom. The van der Waals surface area contributed by atoms with Gasteiger partial charge in [0.15, 0.2) is 5.76 Å². The molecule has 1 amide bonds. The molecular formula is C12H10INO2. The van der Waals surface area contributed by atoms with Crippen molar-refractivity contribution in [3.05, 3.63) is 51.5 Å². The summed E-state index contributed by atoms with van der Waals surface area (Å²) >= 11 is 2.21. The highest BCUT2D eigenvalue weighted by atomic mass is 127. The van der Waals surface area contributed by atoms with Gasteiger partial charge in [0.2, 0.25) is 0 Å². The predicted molar refractivity (Wildman–Crippen MR) is 70.6 cm³/mol. The van der Waals surface area contributed by atoms with Crippen LogP contribution in [0, 0.1) is 10.5 Å². The number of furan rings is 1. The van der Waals surface area contributed by atoms with Gasteiger partial charge in [-0.3, -0.25) is 4.79 Å². The molecule has 0 atom stereocenters. The average molecular weight is 327 g/mol. The molecule has 82 valence electrons. The van der Waals surface area contributed by atoms with E-state index in [4.69, 9.17) is 4.42 Å². The number of halogens is 1. The summed E-state index contributed by atoms with van der Waals surface area (Å²) in [5.74, 6) is 0.141. The van der Waals surface area contributed by atoms with Crippen molar-refractivity contribution in [1.82, 2.24) is 0 Å². The van der Waals surface area contributed by atoms with Gasteiger partial charge in [-0.1, -0.05) is 0 Å². The van der Waals surface area contributed by atoms with Crippen LogP contribution in [0.15, 0.2) is 41.0 Å².